The molecule has 1 fully saturated rings. The van der Waals surface area contributed by atoms with E-state index in [2.05, 4.69) is 11.4 Å². The third-order valence-electron chi connectivity index (χ3n) is 4.97. The number of nitriles is 1. The van der Waals surface area contributed by atoms with E-state index in [9.17, 15) is 19.6 Å². The summed E-state index contributed by atoms with van der Waals surface area (Å²) >= 11 is 0. The van der Waals surface area contributed by atoms with E-state index in [-0.39, 0.29) is 24.8 Å². The number of carbonyl (C=O) groups excluding carboxylic acids is 3. The highest BCUT2D eigenvalue weighted by atomic mass is 16.5. The summed E-state index contributed by atoms with van der Waals surface area (Å²) in [6, 6.07) is 9.11. The third-order valence-corrected chi connectivity index (χ3v) is 4.97. The van der Waals surface area contributed by atoms with Gasteiger partial charge in [0.25, 0.3) is 5.91 Å². The smallest absolute Gasteiger partial charge is 0.311 e. The van der Waals surface area contributed by atoms with Crippen LogP contribution < -0.4 is 15.0 Å². The lowest BCUT2D eigenvalue weighted by Gasteiger charge is -2.27. The summed E-state index contributed by atoms with van der Waals surface area (Å²) in [5.41, 5.74) is -0.460. The van der Waals surface area contributed by atoms with Crippen molar-refractivity contribution in [3.63, 3.8) is 0 Å². The van der Waals surface area contributed by atoms with Gasteiger partial charge in [0.05, 0.1) is 24.8 Å². The minimum Gasteiger partial charge on any atom is -0.495 e. The molecule has 2 rings (SSSR count). The van der Waals surface area contributed by atoms with Crippen molar-refractivity contribution in [1.29, 1.82) is 5.26 Å². The van der Waals surface area contributed by atoms with Gasteiger partial charge < -0.3 is 19.7 Å². The number of ether oxygens (including phenoxy) is 2. The van der Waals surface area contributed by atoms with Crippen LogP contribution in [0.1, 0.15) is 27.2 Å². The van der Waals surface area contributed by atoms with E-state index in [0.29, 0.717) is 11.4 Å². The summed E-state index contributed by atoms with van der Waals surface area (Å²) in [4.78, 5) is 38.2. The van der Waals surface area contributed by atoms with Crippen molar-refractivity contribution in [2.75, 3.05) is 25.2 Å². The number of anilines is 1. The van der Waals surface area contributed by atoms with E-state index >= 15 is 0 Å². The largest absolute Gasteiger partial charge is 0.495 e. The van der Waals surface area contributed by atoms with Crippen molar-refractivity contribution in [2.45, 2.75) is 32.7 Å². The average molecular weight is 387 g/mol. The molecule has 0 aliphatic carbocycles. The van der Waals surface area contributed by atoms with Crippen molar-refractivity contribution >= 4 is 23.5 Å². The minimum absolute atomic E-state index is 0.000403. The second-order valence-corrected chi connectivity index (χ2v) is 7.20. The zero-order valence-corrected chi connectivity index (χ0v) is 16.5. The van der Waals surface area contributed by atoms with Crippen LogP contribution in [0, 0.1) is 23.2 Å². The van der Waals surface area contributed by atoms with Gasteiger partial charge in [-0.05, 0) is 25.0 Å². The Bertz CT molecular complexity index is 801. The number of methoxy groups -OCH3 is 1. The van der Waals surface area contributed by atoms with E-state index in [4.69, 9.17) is 9.47 Å². The summed E-state index contributed by atoms with van der Waals surface area (Å²) in [6.45, 7) is 4.89. The lowest BCUT2D eigenvalue weighted by Crippen LogP contribution is -2.50. The van der Waals surface area contributed by atoms with Crippen LogP contribution in [-0.4, -0.2) is 43.6 Å². The van der Waals surface area contributed by atoms with E-state index in [0.717, 1.165) is 0 Å². The molecule has 0 aromatic heterocycles. The highest BCUT2D eigenvalue weighted by molar-refractivity contribution is 6.00. The number of carbonyl (C=O) groups is 3. The van der Waals surface area contributed by atoms with Crippen LogP contribution in [0.4, 0.5) is 5.69 Å². The molecule has 1 aliphatic heterocycles. The van der Waals surface area contributed by atoms with Crippen LogP contribution >= 0.6 is 0 Å². The summed E-state index contributed by atoms with van der Waals surface area (Å²) in [7, 11) is 1.51. The molecule has 150 valence electrons. The van der Waals surface area contributed by atoms with Gasteiger partial charge in [0, 0.05) is 13.0 Å². The standard InChI is InChI=1S/C20H25N3O5/c1-13(2)20(3,12-21)22-17(24)11-28-19(26)14-9-18(25)23(10-14)15-7-5-6-8-16(15)27-4/h5-8,13-14H,9-11H2,1-4H3,(H,22,24)/t14-,20+/m0/s1. The van der Waals surface area contributed by atoms with Gasteiger partial charge in [0.15, 0.2) is 6.61 Å². The Labute approximate surface area is 164 Å². The highest BCUT2D eigenvalue weighted by Crippen LogP contribution is 2.33. The lowest BCUT2D eigenvalue weighted by molar-refractivity contribution is -0.152. The van der Waals surface area contributed by atoms with E-state index in [1.807, 2.05) is 13.8 Å². The molecule has 28 heavy (non-hydrogen) atoms. The summed E-state index contributed by atoms with van der Waals surface area (Å²) in [5.74, 6) is -1.64. The van der Waals surface area contributed by atoms with E-state index in [1.54, 1.807) is 31.2 Å². The van der Waals surface area contributed by atoms with Gasteiger partial charge in [-0.25, -0.2) is 0 Å². The number of para-hydroxylation sites is 2. The van der Waals surface area contributed by atoms with Crippen LogP contribution in [0.2, 0.25) is 0 Å². The van der Waals surface area contributed by atoms with Gasteiger partial charge in [-0.3, -0.25) is 14.4 Å². The van der Waals surface area contributed by atoms with Gasteiger partial charge in [-0.1, -0.05) is 26.0 Å². The molecule has 2 atom stereocenters. The van der Waals surface area contributed by atoms with Crippen LogP contribution in [0.3, 0.4) is 0 Å². The molecule has 8 nitrogen and oxygen atoms in total. The zero-order chi connectivity index (χ0) is 20.9. The summed E-state index contributed by atoms with van der Waals surface area (Å²) in [6.07, 6.45) is 0.000403. The third kappa shape index (κ3) is 4.60. The number of benzene rings is 1. The second-order valence-electron chi connectivity index (χ2n) is 7.20. The molecule has 1 aromatic rings. The predicted octanol–water partition coefficient (Wildman–Crippen LogP) is 1.65. The van der Waals surface area contributed by atoms with Crippen LogP contribution in [0.5, 0.6) is 5.75 Å². The Morgan fingerprint density at radius 1 is 1.39 bits per heavy atom. The molecule has 0 bridgehead atoms. The van der Waals surface area contributed by atoms with Gasteiger partial charge >= 0.3 is 5.97 Å². The molecule has 1 saturated heterocycles. The number of hydrogen-bond donors (Lipinski definition) is 1. The van der Waals surface area contributed by atoms with Gasteiger partial charge in [-0.15, -0.1) is 0 Å². The highest BCUT2D eigenvalue weighted by Gasteiger charge is 2.37. The SMILES string of the molecule is COc1ccccc1N1C[C@@H](C(=O)OCC(=O)N[C@](C)(C#N)C(C)C)CC1=O. The lowest BCUT2D eigenvalue weighted by atomic mass is 9.90. The molecule has 1 aliphatic rings. The van der Waals surface area contributed by atoms with E-state index in [1.165, 1.54) is 12.0 Å². The molecule has 0 radical (unpaired) electrons. The van der Waals surface area contributed by atoms with Crippen molar-refractivity contribution in [3.8, 4) is 11.8 Å². The van der Waals surface area contributed by atoms with Crippen molar-refractivity contribution in [1.82, 2.24) is 5.32 Å². The fourth-order valence-corrected chi connectivity index (χ4v) is 2.83. The molecule has 0 spiro atoms. The maximum Gasteiger partial charge on any atom is 0.311 e. The first-order valence-electron chi connectivity index (χ1n) is 9.04. The van der Waals surface area contributed by atoms with Crippen molar-refractivity contribution < 1.29 is 23.9 Å². The van der Waals surface area contributed by atoms with Crippen LogP contribution in [0.25, 0.3) is 0 Å². The van der Waals surface area contributed by atoms with Gasteiger partial charge in [0.2, 0.25) is 5.91 Å². The number of esters is 1. The van der Waals surface area contributed by atoms with Crippen molar-refractivity contribution in [2.24, 2.45) is 11.8 Å². The van der Waals surface area contributed by atoms with Crippen LogP contribution in [-0.2, 0) is 19.1 Å². The number of hydrogen-bond acceptors (Lipinski definition) is 6. The fraction of sp³-hybridized carbons (Fsp3) is 0.500. The molecule has 1 heterocycles. The first-order chi connectivity index (χ1) is 13.2. The van der Waals surface area contributed by atoms with Gasteiger partial charge in [-0.2, -0.15) is 5.26 Å². The molecule has 8 heteroatoms. The number of amides is 2. The molecule has 1 aromatic carbocycles. The zero-order valence-electron chi connectivity index (χ0n) is 16.5. The van der Waals surface area contributed by atoms with Gasteiger partial charge in [0.1, 0.15) is 11.3 Å². The molecule has 2 amide bonds. The number of nitrogens with zero attached hydrogens (tertiary/aromatic N) is 2. The topological polar surface area (TPSA) is 109 Å². The molecule has 1 N–H and O–H groups in total. The van der Waals surface area contributed by atoms with E-state index < -0.39 is 29.9 Å². The average Bonchev–Trinajstić information content (AvgIpc) is 3.07. The number of nitrogens with one attached hydrogen (secondary N) is 1. The first kappa shape index (κ1) is 21.2. The second kappa shape index (κ2) is 8.74. The predicted molar refractivity (Wildman–Crippen MR) is 101 cm³/mol. The molecule has 0 unspecified atom stereocenters. The Kier molecular flexibility index (Phi) is 6.62. The summed E-state index contributed by atoms with van der Waals surface area (Å²) < 4.78 is 10.3. The minimum atomic E-state index is -1.05. The Morgan fingerprint density at radius 3 is 2.68 bits per heavy atom. The maximum atomic E-state index is 12.3. The summed E-state index contributed by atoms with van der Waals surface area (Å²) in [5, 5.41) is 11.8. The van der Waals surface area contributed by atoms with Crippen molar-refractivity contribution in [3.05, 3.63) is 24.3 Å². The van der Waals surface area contributed by atoms with Crippen LogP contribution in [0.15, 0.2) is 24.3 Å². The normalized spacial score (nSPS) is 18.4. The molecular weight excluding hydrogens is 362 g/mol. The monoisotopic (exact) mass is 387 g/mol. The Morgan fingerprint density at radius 2 is 2.07 bits per heavy atom. The molecular formula is C20H25N3O5. The Hall–Kier alpha value is -3.08. The first-order valence-corrected chi connectivity index (χ1v) is 9.04. The Balaban J connectivity index is 1.95. The quantitative estimate of drug-likeness (QED) is 0.713. The number of rotatable bonds is 7. The fourth-order valence-electron chi connectivity index (χ4n) is 2.83. The maximum absolute atomic E-state index is 12.3. The molecule has 0 saturated carbocycles.